The maximum atomic E-state index is 2.39. The molecule has 0 fully saturated rings. The first-order valence-electron chi connectivity index (χ1n) is 19.7. The molecule has 7 aromatic carbocycles. The van der Waals surface area contributed by atoms with Gasteiger partial charge in [0.05, 0.1) is 0 Å². The maximum absolute atomic E-state index is 2.39. The average molecular weight is 696 g/mol. The third kappa shape index (κ3) is 6.20. The van der Waals surface area contributed by atoms with Gasteiger partial charge < -0.3 is 4.90 Å². The van der Waals surface area contributed by atoms with Crippen LogP contribution < -0.4 is 4.90 Å². The molecule has 1 heteroatoms. The summed E-state index contributed by atoms with van der Waals surface area (Å²) in [5.41, 5.74) is 17.1. The maximum Gasteiger partial charge on any atom is 0.0467 e. The van der Waals surface area contributed by atoms with Gasteiger partial charge in [0.15, 0.2) is 0 Å². The molecule has 0 bridgehead atoms. The van der Waals surface area contributed by atoms with E-state index in [2.05, 4.69) is 181 Å². The summed E-state index contributed by atoms with van der Waals surface area (Å²) in [6.07, 6.45) is 16.9. The van der Waals surface area contributed by atoms with Gasteiger partial charge in [0, 0.05) is 17.1 Å². The van der Waals surface area contributed by atoms with Crippen LogP contribution in [-0.2, 0) is 6.42 Å². The molecule has 3 aliphatic rings. The quantitative estimate of drug-likeness (QED) is 0.157. The van der Waals surface area contributed by atoms with Gasteiger partial charge in [0.25, 0.3) is 0 Å². The summed E-state index contributed by atoms with van der Waals surface area (Å²) in [6, 6.07) is 54.1. The van der Waals surface area contributed by atoms with Gasteiger partial charge in [-0.3, -0.25) is 0 Å². The van der Waals surface area contributed by atoms with Crippen LogP contribution in [-0.4, -0.2) is 0 Å². The van der Waals surface area contributed by atoms with Gasteiger partial charge in [-0.05, 0) is 152 Å². The molecule has 1 nitrogen and oxygen atoms in total. The predicted octanol–water partition coefficient (Wildman–Crippen LogP) is 15.2. The zero-order chi connectivity index (χ0) is 36.4. The summed E-state index contributed by atoms with van der Waals surface area (Å²) in [5, 5.41) is 5.42. The minimum Gasteiger partial charge on any atom is -0.310 e. The number of benzene rings is 7. The van der Waals surface area contributed by atoms with Crippen LogP contribution in [0.4, 0.5) is 17.1 Å². The van der Waals surface area contributed by atoms with Crippen LogP contribution in [0.2, 0.25) is 0 Å². The lowest BCUT2D eigenvalue weighted by atomic mass is 9.91. The van der Waals surface area contributed by atoms with E-state index in [9.17, 15) is 0 Å². The zero-order valence-electron chi connectivity index (χ0n) is 31.2. The third-order valence-corrected chi connectivity index (χ3v) is 11.2. The van der Waals surface area contributed by atoms with Crippen molar-refractivity contribution < 1.29 is 0 Å². The van der Waals surface area contributed by atoms with Gasteiger partial charge in [-0.2, -0.15) is 0 Å². The Labute approximate surface area is 319 Å². The van der Waals surface area contributed by atoms with Crippen molar-refractivity contribution in [1.82, 2.24) is 0 Å². The van der Waals surface area contributed by atoms with Crippen molar-refractivity contribution >= 4 is 49.8 Å². The van der Waals surface area contributed by atoms with E-state index in [0.29, 0.717) is 0 Å². The molecule has 262 valence electrons. The van der Waals surface area contributed by atoms with Crippen LogP contribution in [0.15, 0.2) is 182 Å². The number of nitrogens with zero attached hydrogens (tertiary/aromatic N) is 1. The number of fused-ring (bicyclic) bond motifs is 6. The highest BCUT2D eigenvalue weighted by molar-refractivity contribution is 6.12. The normalized spacial score (nSPS) is 14.4. The molecule has 0 N–H and O–H groups in total. The first-order chi connectivity index (χ1) is 26.8. The molecule has 0 radical (unpaired) electrons. The molecule has 0 heterocycles. The van der Waals surface area contributed by atoms with Gasteiger partial charge >= 0.3 is 0 Å². The van der Waals surface area contributed by atoms with Crippen LogP contribution in [0.5, 0.6) is 0 Å². The van der Waals surface area contributed by atoms with Gasteiger partial charge in [-0.1, -0.05) is 147 Å². The van der Waals surface area contributed by atoms with E-state index in [1.165, 1.54) is 71.6 Å². The van der Waals surface area contributed by atoms with Crippen LogP contribution in [0, 0.1) is 0 Å². The summed E-state index contributed by atoms with van der Waals surface area (Å²) in [7, 11) is 0. The van der Waals surface area contributed by atoms with Gasteiger partial charge in [0.2, 0.25) is 0 Å². The molecule has 54 heavy (non-hydrogen) atoms. The number of rotatable bonds is 6. The number of hydrogen-bond donors (Lipinski definition) is 0. The van der Waals surface area contributed by atoms with Crippen molar-refractivity contribution in [3.8, 4) is 22.3 Å². The molecular formula is C53H45N. The minimum atomic E-state index is 1.05. The monoisotopic (exact) mass is 695 g/mol. The molecule has 0 amide bonds. The molecule has 10 rings (SSSR count). The van der Waals surface area contributed by atoms with E-state index < -0.39 is 0 Å². The second-order valence-corrected chi connectivity index (χ2v) is 14.3. The van der Waals surface area contributed by atoms with E-state index in [1.807, 2.05) is 13.8 Å². The Kier molecular flexibility index (Phi) is 9.15. The summed E-state index contributed by atoms with van der Waals surface area (Å²) < 4.78 is 0. The highest BCUT2D eigenvalue weighted by Gasteiger charge is 2.24. The Hall–Kier alpha value is -6.18. The Balaban J connectivity index is 0.00000189. The SMILES string of the molecule is C1=CCCC(c2cccc(N(c3ccc(-c4ccccc4)cc3)c3ccc(-c4ccc5c(ccc6ccc7c(c65)CC5=C7CCC=C5)c4)cc3)c2)=C1.CC. The Morgan fingerprint density at radius 2 is 1.17 bits per heavy atom. The topological polar surface area (TPSA) is 3.24 Å². The summed E-state index contributed by atoms with van der Waals surface area (Å²) in [4.78, 5) is 2.39. The van der Waals surface area contributed by atoms with Gasteiger partial charge in [0.1, 0.15) is 0 Å². The smallest absolute Gasteiger partial charge is 0.0467 e. The Bertz CT molecular complexity index is 2610. The van der Waals surface area contributed by atoms with E-state index in [4.69, 9.17) is 0 Å². The number of hydrogen-bond acceptors (Lipinski definition) is 1. The molecule has 3 aliphatic carbocycles. The first-order valence-corrected chi connectivity index (χ1v) is 19.7. The lowest BCUT2D eigenvalue weighted by molar-refractivity contribution is 1.04. The van der Waals surface area contributed by atoms with E-state index >= 15 is 0 Å². The van der Waals surface area contributed by atoms with Gasteiger partial charge in [-0.25, -0.2) is 0 Å². The Morgan fingerprint density at radius 1 is 0.500 bits per heavy atom. The van der Waals surface area contributed by atoms with Crippen LogP contribution in [0.1, 0.15) is 56.2 Å². The number of anilines is 3. The fourth-order valence-corrected chi connectivity index (χ4v) is 8.63. The number of allylic oxidation sites excluding steroid dienone is 8. The summed E-state index contributed by atoms with van der Waals surface area (Å²) in [5.74, 6) is 0. The van der Waals surface area contributed by atoms with Gasteiger partial charge in [-0.15, -0.1) is 0 Å². The molecule has 7 aromatic rings. The van der Waals surface area contributed by atoms with E-state index in [0.717, 1.165) is 49.2 Å². The van der Waals surface area contributed by atoms with E-state index in [1.54, 1.807) is 5.57 Å². The molecule has 0 unspecified atom stereocenters. The second-order valence-electron chi connectivity index (χ2n) is 14.3. The molecule has 0 atom stereocenters. The minimum absolute atomic E-state index is 1.05. The fraction of sp³-hybridized carbons (Fsp3) is 0.132. The Morgan fingerprint density at radius 3 is 1.93 bits per heavy atom. The first kappa shape index (κ1) is 33.6. The standard InChI is InChI=1S/C51H39N.C2H6/c1-3-10-35(11-4-1)37-20-26-44(27-21-37)52(46-16-9-15-40(33-46)36-12-5-2-6-13-36)45-28-22-38(23-29-45)41-25-30-48-43(32-41)19-18-39-24-31-49-47-17-8-7-14-42(47)34-50(49)51(39)48;1-2/h1-5,7,9-12,14-16,18-33H,6,8,13,17,34H2;1-2H3. The lowest BCUT2D eigenvalue weighted by Gasteiger charge is -2.27. The largest absolute Gasteiger partial charge is 0.310 e. The van der Waals surface area contributed by atoms with E-state index in [-0.39, 0.29) is 0 Å². The van der Waals surface area contributed by atoms with Crippen molar-refractivity contribution in [3.63, 3.8) is 0 Å². The van der Waals surface area contributed by atoms with Crippen molar-refractivity contribution in [2.45, 2.75) is 46.0 Å². The van der Waals surface area contributed by atoms with Crippen LogP contribution in [0.3, 0.4) is 0 Å². The molecule has 0 spiro atoms. The molecule has 0 saturated heterocycles. The predicted molar refractivity (Wildman–Crippen MR) is 234 cm³/mol. The van der Waals surface area contributed by atoms with Crippen LogP contribution >= 0.6 is 0 Å². The molecule has 0 aromatic heterocycles. The highest BCUT2D eigenvalue weighted by atomic mass is 15.1. The average Bonchev–Trinajstić information content (AvgIpc) is 3.64. The van der Waals surface area contributed by atoms with Crippen molar-refractivity contribution in [1.29, 1.82) is 0 Å². The third-order valence-electron chi connectivity index (χ3n) is 11.2. The molecule has 0 saturated carbocycles. The van der Waals surface area contributed by atoms with Crippen LogP contribution in [0.25, 0.3) is 54.9 Å². The zero-order valence-corrected chi connectivity index (χ0v) is 31.2. The second kappa shape index (κ2) is 14.7. The summed E-state index contributed by atoms with van der Waals surface area (Å²) >= 11 is 0. The molecule has 0 aliphatic heterocycles. The van der Waals surface area contributed by atoms with Crippen molar-refractivity contribution in [2.24, 2.45) is 0 Å². The fourth-order valence-electron chi connectivity index (χ4n) is 8.63. The van der Waals surface area contributed by atoms with Crippen molar-refractivity contribution in [2.75, 3.05) is 4.90 Å². The molecular weight excluding hydrogens is 651 g/mol. The lowest BCUT2D eigenvalue weighted by Crippen LogP contribution is -2.10. The highest BCUT2D eigenvalue weighted by Crippen LogP contribution is 2.44. The van der Waals surface area contributed by atoms with Crippen molar-refractivity contribution in [3.05, 3.63) is 198 Å². The summed E-state index contributed by atoms with van der Waals surface area (Å²) in [6.45, 7) is 4.00.